The fourth-order valence-corrected chi connectivity index (χ4v) is 3.54. The van der Waals surface area contributed by atoms with Crippen molar-refractivity contribution in [2.24, 2.45) is 0 Å². The van der Waals surface area contributed by atoms with Gasteiger partial charge < -0.3 is 10.2 Å². The van der Waals surface area contributed by atoms with Crippen LogP contribution in [0.2, 0.25) is 0 Å². The monoisotopic (exact) mass is 344 g/mol. The maximum absolute atomic E-state index is 13.2. The molecular formula is C15H18F2N2O3S. The van der Waals surface area contributed by atoms with Crippen molar-refractivity contribution in [1.29, 1.82) is 0 Å². The molecule has 2 amide bonds. The average Bonchev–Trinajstić information content (AvgIpc) is 2.49. The molecule has 8 heteroatoms. The molecule has 1 fully saturated rings. The van der Waals surface area contributed by atoms with Crippen molar-refractivity contribution in [1.82, 2.24) is 10.2 Å². The highest BCUT2D eigenvalue weighted by molar-refractivity contribution is 7.85. The quantitative estimate of drug-likeness (QED) is 0.893. The molecule has 1 aliphatic rings. The Kier molecular flexibility index (Phi) is 5.81. The number of hydrogen-bond donors (Lipinski definition) is 1. The molecule has 0 aromatic heterocycles. The zero-order valence-corrected chi connectivity index (χ0v) is 13.5. The standard InChI is InChI=1S/C15H18F2N2O3S/c1-10(20)18-11-3-2-6-19(8-11)15(21)9-23(22)12-4-5-13(16)14(17)7-12/h4-5,7,11H,2-3,6,8-9H2,1H3,(H,18,20). The Balaban J connectivity index is 1.96. The van der Waals surface area contributed by atoms with E-state index in [0.29, 0.717) is 13.1 Å². The van der Waals surface area contributed by atoms with Gasteiger partial charge in [-0.1, -0.05) is 0 Å². The molecule has 1 aromatic carbocycles. The largest absolute Gasteiger partial charge is 0.352 e. The predicted molar refractivity (Wildman–Crippen MR) is 81.1 cm³/mol. The van der Waals surface area contributed by atoms with Gasteiger partial charge in [-0.15, -0.1) is 0 Å². The van der Waals surface area contributed by atoms with Crippen LogP contribution in [0.5, 0.6) is 0 Å². The number of piperidine rings is 1. The average molecular weight is 344 g/mol. The van der Waals surface area contributed by atoms with Crippen LogP contribution in [-0.2, 0) is 20.4 Å². The number of nitrogens with one attached hydrogen (secondary N) is 1. The van der Waals surface area contributed by atoms with E-state index in [9.17, 15) is 22.6 Å². The Hall–Kier alpha value is -1.83. The number of benzene rings is 1. The van der Waals surface area contributed by atoms with E-state index in [-0.39, 0.29) is 28.5 Å². The van der Waals surface area contributed by atoms with Crippen LogP contribution >= 0.6 is 0 Å². The Morgan fingerprint density at radius 2 is 2.09 bits per heavy atom. The van der Waals surface area contributed by atoms with Crippen molar-refractivity contribution in [3.05, 3.63) is 29.8 Å². The highest BCUT2D eigenvalue weighted by Gasteiger charge is 2.25. The minimum absolute atomic E-state index is 0.0765. The van der Waals surface area contributed by atoms with Gasteiger partial charge in [-0.05, 0) is 31.0 Å². The van der Waals surface area contributed by atoms with Gasteiger partial charge in [0, 0.05) is 31.0 Å². The molecule has 126 valence electrons. The summed E-state index contributed by atoms with van der Waals surface area (Å²) in [7, 11) is -1.74. The van der Waals surface area contributed by atoms with Crippen molar-refractivity contribution in [3.8, 4) is 0 Å². The van der Waals surface area contributed by atoms with Crippen LogP contribution in [-0.4, -0.2) is 45.8 Å². The number of amides is 2. The number of likely N-dealkylation sites (tertiary alicyclic amines) is 1. The topological polar surface area (TPSA) is 66.5 Å². The first kappa shape index (κ1) is 17.5. The first-order valence-corrected chi connectivity index (χ1v) is 8.57. The number of nitrogens with zero attached hydrogens (tertiary/aromatic N) is 1. The van der Waals surface area contributed by atoms with Crippen LogP contribution in [0.15, 0.2) is 23.1 Å². The van der Waals surface area contributed by atoms with Gasteiger partial charge in [-0.2, -0.15) is 0 Å². The molecule has 2 unspecified atom stereocenters. The highest BCUT2D eigenvalue weighted by atomic mass is 32.2. The van der Waals surface area contributed by atoms with E-state index in [2.05, 4.69) is 5.32 Å². The van der Waals surface area contributed by atoms with E-state index >= 15 is 0 Å². The molecular weight excluding hydrogens is 326 g/mol. The van der Waals surface area contributed by atoms with Crippen LogP contribution in [0.4, 0.5) is 8.78 Å². The van der Waals surface area contributed by atoms with Gasteiger partial charge in [-0.3, -0.25) is 13.8 Å². The lowest BCUT2D eigenvalue weighted by atomic mass is 10.1. The van der Waals surface area contributed by atoms with E-state index < -0.39 is 22.4 Å². The summed E-state index contributed by atoms with van der Waals surface area (Å²) in [4.78, 5) is 24.9. The third-order valence-corrected chi connectivity index (χ3v) is 4.88. The summed E-state index contributed by atoms with van der Waals surface area (Å²) in [5.74, 6) is -2.89. The van der Waals surface area contributed by atoms with Crippen molar-refractivity contribution in [3.63, 3.8) is 0 Å². The third-order valence-electron chi connectivity index (χ3n) is 3.59. The maximum Gasteiger partial charge on any atom is 0.235 e. The SMILES string of the molecule is CC(=O)NC1CCCN(C(=O)CS(=O)c2ccc(F)c(F)c2)C1. The van der Waals surface area contributed by atoms with Gasteiger partial charge in [0.25, 0.3) is 0 Å². The minimum Gasteiger partial charge on any atom is -0.352 e. The normalized spacial score (nSPS) is 19.3. The molecule has 2 rings (SSSR count). The third kappa shape index (κ3) is 4.82. The van der Waals surface area contributed by atoms with Crippen LogP contribution in [0, 0.1) is 11.6 Å². The molecule has 0 aliphatic carbocycles. The molecule has 0 radical (unpaired) electrons. The second-order valence-corrected chi connectivity index (χ2v) is 6.90. The lowest BCUT2D eigenvalue weighted by molar-refractivity contribution is -0.130. The number of carbonyl (C=O) groups excluding carboxylic acids is 2. The zero-order valence-electron chi connectivity index (χ0n) is 12.7. The summed E-state index contributed by atoms with van der Waals surface area (Å²) in [6.07, 6.45) is 1.53. The van der Waals surface area contributed by atoms with Gasteiger partial charge in [0.2, 0.25) is 11.8 Å². The van der Waals surface area contributed by atoms with Gasteiger partial charge in [0.15, 0.2) is 11.6 Å². The molecule has 1 heterocycles. The minimum atomic E-state index is -1.74. The van der Waals surface area contributed by atoms with Crippen molar-refractivity contribution in [2.45, 2.75) is 30.7 Å². The molecule has 5 nitrogen and oxygen atoms in total. The fourth-order valence-electron chi connectivity index (χ4n) is 2.51. The first-order valence-electron chi connectivity index (χ1n) is 7.25. The highest BCUT2D eigenvalue weighted by Crippen LogP contribution is 2.15. The van der Waals surface area contributed by atoms with E-state index in [1.807, 2.05) is 0 Å². The Bertz CT molecular complexity index is 639. The van der Waals surface area contributed by atoms with Gasteiger partial charge in [-0.25, -0.2) is 8.78 Å². The molecule has 1 saturated heterocycles. The summed E-state index contributed by atoms with van der Waals surface area (Å²) < 4.78 is 38.2. The molecule has 2 atom stereocenters. The van der Waals surface area contributed by atoms with Crippen LogP contribution in [0.25, 0.3) is 0 Å². The fraction of sp³-hybridized carbons (Fsp3) is 0.467. The Morgan fingerprint density at radius 1 is 1.35 bits per heavy atom. The molecule has 1 N–H and O–H groups in total. The second kappa shape index (κ2) is 7.63. The van der Waals surface area contributed by atoms with Gasteiger partial charge in [0.05, 0.1) is 10.8 Å². The predicted octanol–water partition coefficient (Wildman–Crippen LogP) is 1.20. The zero-order chi connectivity index (χ0) is 17.0. The number of carbonyl (C=O) groups is 2. The summed E-state index contributed by atoms with van der Waals surface area (Å²) in [5.41, 5.74) is 0. The number of rotatable bonds is 4. The second-order valence-electron chi connectivity index (χ2n) is 5.45. The maximum atomic E-state index is 13.2. The lowest BCUT2D eigenvalue weighted by Gasteiger charge is -2.33. The van der Waals surface area contributed by atoms with Crippen LogP contribution in [0.3, 0.4) is 0 Å². The van der Waals surface area contributed by atoms with Crippen LogP contribution in [0.1, 0.15) is 19.8 Å². The summed E-state index contributed by atoms with van der Waals surface area (Å²) in [6.45, 7) is 2.32. The van der Waals surface area contributed by atoms with Gasteiger partial charge in [0.1, 0.15) is 5.75 Å². The summed E-state index contributed by atoms with van der Waals surface area (Å²) in [6, 6.07) is 2.83. The molecule has 1 aromatic rings. The molecule has 0 bridgehead atoms. The Morgan fingerprint density at radius 3 is 2.74 bits per heavy atom. The molecule has 0 saturated carbocycles. The molecule has 1 aliphatic heterocycles. The van der Waals surface area contributed by atoms with E-state index in [1.165, 1.54) is 13.0 Å². The lowest BCUT2D eigenvalue weighted by Crippen LogP contribution is -2.50. The number of halogens is 2. The van der Waals surface area contributed by atoms with Gasteiger partial charge >= 0.3 is 0 Å². The van der Waals surface area contributed by atoms with Crippen LogP contribution < -0.4 is 5.32 Å². The van der Waals surface area contributed by atoms with E-state index in [1.54, 1.807) is 4.90 Å². The smallest absolute Gasteiger partial charge is 0.235 e. The molecule has 23 heavy (non-hydrogen) atoms. The number of hydrogen-bond acceptors (Lipinski definition) is 3. The van der Waals surface area contributed by atoms with Crippen molar-refractivity contribution < 1.29 is 22.6 Å². The Labute approximate surface area is 135 Å². The van der Waals surface area contributed by atoms with E-state index in [0.717, 1.165) is 25.0 Å². The van der Waals surface area contributed by atoms with Crippen molar-refractivity contribution in [2.75, 3.05) is 18.8 Å². The molecule has 0 spiro atoms. The van der Waals surface area contributed by atoms with E-state index in [4.69, 9.17) is 0 Å². The summed E-state index contributed by atoms with van der Waals surface area (Å²) in [5, 5.41) is 2.77. The first-order chi connectivity index (χ1) is 10.9. The summed E-state index contributed by atoms with van der Waals surface area (Å²) >= 11 is 0. The van der Waals surface area contributed by atoms with Crippen molar-refractivity contribution >= 4 is 22.6 Å².